The van der Waals surface area contributed by atoms with Gasteiger partial charge in [0.1, 0.15) is 0 Å². The molecule has 0 radical (unpaired) electrons. The second-order valence-electron chi connectivity index (χ2n) is 9.45. The number of ether oxygens (including phenoxy) is 2. The summed E-state index contributed by atoms with van der Waals surface area (Å²) in [5.41, 5.74) is 1.67. The lowest BCUT2D eigenvalue weighted by molar-refractivity contribution is -0.237. The summed E-state index contributed by atoms with van der Waals surface area (Å²) in [5, 5.41) is 0. The predicted molar refractivity (Wildman–Crippen MR) is 88.6 cm³/mol. The Morgan fingerprint density at radius 2 is 1.83 bits per heavy atom. The van der Waals surface area contributed by atoms with Crippen LogP contribution in [0, 0.1) is 22.7 Å². The van der Waals surface area contributed by atoms with Gasteiger partial charge in [0.25, 0.3) is 0 Å². The fourth-order valence-corrected chi connectivity index (χ4v) is 6.66. The highest BCUT2D eigenvalue weighted by Gasteiger charge is 2.60. The number of hydrogen-bond donors (Lipinski definition) is 0. The second-order valence-corrected chi connectivity index (χ2v) is 9.45. The normalized spacial score (nSPS) is 48.4. The van der Waals surface area contributed by atoms with Gasteiger partial charge in [-0.1, -0.05) is 27.2 Å². The lowest BCUT2D eigenvalue weighted by Gasteiger charge is -2.62. The molecule has 2 saturated carbocycles. The van der Waals surface area contributed by atoms with Crippen molar-refractivity contribution in [2.75, 3.05) is 0 Å². The highest BCUT2D eigenvalue weighted by atomic mass is 16.7. The van der Waals surface area contributed by atoms with Gasteiger partial charge in [0, 0.05) is 11.6 Å². The third kappa shape index (κ3) is 2.22. The highest BCUT2D eigenvalue weighted by molar-refractivity contribution is 5.85. The quantitative estimate of drug-likeness (QED) is 0.612. The number of hydrogen-bond acceptors (Lipinski definition) is 3. The first-order chi connectivity index (χ1) is 10.7. The van der Waals surface area contributed by atoms with Crippen LogP contribution in [0.25, 0.3) is 0 Å². The molecule has 3 heteroatoms. The summed E-state index contributed by atoms with van der Waals surface area (Å²) in [5.74, 6) is 1.10. The van der Waals surface area contributed by atoms with Crippen LogP contribution in [-0.4, -0.2) is 17.9 Å². The maximum atomic E-state index is 11.6. The molecule has 0 aromatic carbocycles. The molecule has 128 valence electrons. The number of rotatable bonds is 0. The maximum absolute atomic E-state index is 11.6. The molecule has 0 aromatic heterocycles. The number of esters is 1. The smallest absolute Gasteiger partial charge is 0.333 e. The van der Waals surface area contributed by atoms with Crippen molar-refractivity contribution in [1.29, 1.82) is 0 Å². The largest absolute Gasteiger partial charge is 0.428 e. The monoisotopic (exact) mass is 318 g/mol. The van der Waals surface area contributed by atoms with Gasteiger partial charge in [-0.05, 0) is 68.1 Å². The minimum absolute atomic E-state index is 0.163. The van der Waals surface area contributed by atoms with Crippen molar-refractivity contribution in [3.05, 3.63) is 11.6 Å². The Morgan fingerprint density at radius 3 is 2.61 bits per heavy atom. The number of carbonyl (C=O) groups is 1. The van der Waals surface area contributed by atoms with E-state index in [1.54, 1.807) is 6.08 Å². The van der Waals surface area contributed by atoms with Gasteiger partial charge in [-0.3, -0.25) is 0 Å². The average molecular weight is 318 g/mol. The minimum atomic E-state index is -0.422. The van der Waals surface area contributed by atoms with E-state index in [9.17, 15) is 4.79 Å². The topological polar surface area (TPSA) is 35.5 Å². The summed E-state index contributed by atoms with van der Waals surface area (Å²) in [6.45, 7) is 9.73. The molecule has 4 rings (SSSR count). The Bertz CT molecular complexity index is 563. The van der Waals surface area contributed by atoms with Gasteiger partial charge in [-0.2, -0.15) is 0 Å². The molecule has 3 fully saturated rings. The lowest BCUT2D eigenvalue weighted by Crippen LogP contribution is -2.58. The molecule has 2 aliphatic carbocycles. The standard InChI is InChI=1S/C20H30O3/c1-18(2)9-5-10-19(3)14(18)8-11-20(4)15(19)7-6-13-12-16(21)22-17(13)23-20/h12,14-15,17H,5-11H2,1-4H3/t14-,15+,17-,19-,20+/m1/s1. The van der Waals surface area contributed by atoms with E-state index >= 15 is 0 Å². The Hall–Kier alpha value is -0.830. The van der Waals surface area contributed by atoms with E-state index < -0.39 is 6.29 Å². The van der Waals surface area contributed by atoms with Crippen LogP contribution in [0.3, 0.4) is 0 Å². The number of fused-ring (bicyclic) bond motifs is 4. The average Bonchev–Trinajstić information content (AvgIpc) is 2.69. The third-order valence-corrected chi connectivity index (χ3v) is 7.67. The molecule has 23 heavy (non-hydrogen) atoms. The van der Waals surface area contributed by atoms with Crippen molar-refractivity contribution in [2.24, 2.45) is 22.7 Å². The van der Waals surface area contributed by atoms with Crippen molar-refractivity contribution in [2.45, 2.75) is 84.5 Å². The first kappa shape index (κ1) is 15.7. The fraction of sp³-hybridized carbons (Fsp3) is 0.850. The van der Waals surface area contributed by atoms with Gasteiger partial charge >= 0.3 is 5.97 Å². The van der Waals surface area contributed by atoms with Crippen molar-refractivity contribution < 1.29 is 14.3 Å². The molecule has 0 aromatic rings. The molecule has 0 bridgehead atoms. The number of carbonyl (C=O) groups excluding carboxylic acids is 1. The van der Waals surface area contributed by atoms with Crippen LogP contribution in [0.1, 0.15) is 72.6 Å². The lowest BCUT2D eigenvalue weighted by atomic mass is 9.45. The minimum Gasteiger partial charge on any atom is -0.428 e. The Morgan fingerprint density at radius 1 is 1.04 bits per heavy atom. The second kappa shape index (κ2) is 4.84. The van der Waals surface area contributed by atoms with Crippen LogP contribution < -0.4 is 0 Å². The molecular formula is C20H30O3. The van der Waals surface area contributed by atoms with Gasteiger partial charge < -0.3 is 9.47 Å². The van der Waals surface area contributed by atoms with Gasteiger partial charge in [0.05, 0.1) is 5.60 Å². The molecule has 0 N–H and O–H groups in total. The van der Waals surface area contributed by atoms with Gasteiger partial charge in [0.2, 0.25) is 6.29 Å². The van der Waals surface area contributed by atoms with E-state index in [4.69, 9.17) is 9.47 Å². The summed E-state index contributed by atoms with van der Waals surface area (Å²) in [7, 11) is 0. The zero-order valence-corrected chi connectivity index (χ0v) is 15.0. The van der Waals surface area contributed by atoms with E-state index in [0.717, 1.165) is 30.8 Å². The Labute approximate surface area is 139 Å². The summed E-state index contributed by atoms with van der Waals surface area (Å²) in [4.78, 5) is 11.6. The third-order valence-electron chi connectivity index (χ3n) is 7.67. The summed E-state index contributed by atoms with van der Waals surface area (Å²) in [6.07, 6.45) is 9.62. The van der Waals surface area contributed by atoms with Crippen molar-refractivity contribution in [1.82, 2.24) is 0 Å². The Kier molecular flexibility index (Phi) is 3.30. The van der Waals surface area contributed by atoms with Gasteiger partial charge in [0.15, 0.2) is 0 Å². The first-order valence-corrected chi connectivity index (χ1v) is 9.34. The van der Waals surface area contributed by atoms with Crippen LogP contribution in [0.5, 0.6) is 0 Å². The Balaban J connectivity index is 1.70. The molecular weight excluding hydrogens is 288 g/mol. The van der Waals surface area contributed by atoms with E-state index in [2.05, 4.69) is 27.7 Å². The molecule has 0 amide bonds. The van der Waals surface area contributed by atoms with Crippen LogP contribution in [0.15, 0.2) is 11.6 Å². The highest BCUT2D eigenvalue weighted by Crippen LogP contribution is 2.64. The van der Waals surface area contributed by atoms with Crippen molar-refractivity contribution in [3.8, 4) is 0 Å². The van der Waals surface area contributed by atoms with E-state index in [-0.39, 0.29) is 11.6 Å². The summed E-state index contributed by atoms with van der Waals surface area (Å²) in [6, 6.07) is 0. The fourth-order valence-electron chi connectivity index (χ4n) is 6.66. The van der Waals surface area contributed by atoms with Crippen LogP contribution in [-0.2, 0) is 14.3 Å². The zero-order chi connectivity index (χ0) is 16.5. The SMILES string of the molecule is CC1(C)CCC[C@]2(C)[C@@H]1CC[C@]1(C)O[C@H]3OC(=O)C=C3CC[C@@H]21. The molecule has 3 nitrogen and oxygen atoms in total. The van der Waals surface area contributed by atoms with E-state index in [1.807, 2.05) is 0 Å². The molecule has 2 heterocycles. The van der Waals surface area contributed by atoms with Gasteiger partial charge in [-0.15, -0.1) is 0 Å². The van der Waals surface area contributed by atoms with Crippen molar-refractivity contribution in [3.63, 3.8) is 0 Å². The predicted octanol–water partition coefficient (Wildman–Crippen LogP) is 4.61. The first-order valence-electron chi connectivity index (χ1n) is 9.34. The molecule has 4 aliphatic rings. The molecule has 0 spiro atoms. The molecule has 1 saturated heterocycles. The summed E-state index contributed by atoms with van der Waals surface area (Å²) >= 11 is 0. The maximum Gasteiger partial charge on any atom is 0.333 e. The van der Waals surface area contributed by atoms with Crippen LogP contribution >= 0.6 is 0 Å². The molecule has 0 unspecified atom stereocenters. The van der Waals surface area contributed by atoms with Crippen molar-refractivity contribution >= 4 is 5.97 Å². The van der Waals surface area contributed by atoms with Crippen LogP contribution in [0.2, 0.25) is 0 Å². The van der Waals surface area contributed by atoms with Gasteiger partial charge in [-0.25, -0.2) is 4.79 Å². The molecule has 2 aliphatic heterocycles. The van der Waals surface area contributed by atoms with E-state index in [1.165, 1.54) is 25.7 Å². The molecule has 5 atom stereocenters. The van der Waals surface area contributed by atoms with E-state index in [0.29, 0.717) is 16.7 Å². The zero-order valence-electron chi connectivity index (χ0n) is 15.0. The summed E-state index contributed by atoms with van der Waals surface area (Å²) < 4.78 is 11.9. The van der Waals surface area contributed by atoms with Crippen LogP contribution in [0.4, 0.5) is 0 Å².